The van der Waals surface area contributed by atoms with E-state index in [1.54, 1.807) is 12.3 Å². The molecule has 5 nitrogen and oxygen atoms in total. The number of rotatable bonds is 4. The van der Waals surface area contributed by atoms with Crippen molar-refractivity contribution in [2.45, 2.75) is 39.3 Å². The summed E-state index contributed by atoms with van der Waals surface area (Å²) in [4.78, 5) is 4.18. The van der Waals surface area contributed by atoms with E-state index >= 15 is 0 Å². The van der Waals surface area contributed by atoms with Crippen molar-refractivity contribution < 1.29 is 9.52 Å². The van der Waals surface area contributed by atoms with E-state index in [1.807, 2.05) is 25.5 Å². The summed E-state index contributed by atoms with van der Waals surface area (Å²) in [5.41, 5.74) is 0.809. The highest BCUT2D eigenvalue weighted by Gasteiger charge is 2.17. The Morgan fingerprint density at radius 1 is 1.47 bits per heavy atom. The minimum absolute atomic E-state index is 0.241. The van der Waals surface area contributed by atoms with E-state index < -0.39 is 6.10 Å². The molecule has 2 aromatic rings. The van der Waals surface area contributed by atoms with Crippen LogP contribution >= 0.6 is 0 Å². The molecule has 92 valence electrons. The molecule has 1 atom stereocenters. The van der Waals surface area contributed by atoms with Gasteiger partial charge in [-0.25, -0.2) is 9.67 Å². The minimum Gasteiger partial charge on any atom is -0.469 e. The van der Waals surface area contributed by atoms with Gasteiger partial charge in [-0.3, -0.25) is 0 Å². The first-order valence-corrected chi connectivity index (χ1v) is 5.70. The Labute approximate surface area is 100 Å². The topological polar surface area (TPSA) is 64.1 Å². The zero-order chi connectivity index (χ0) is 12.4. The first-order chi connectivity index (χ1) is 8.09. The number of aromatic nitrogens is 3. The molecule has 0 radical (unpaired) electrons. The van der Waals surface area contributed by atoms with Crippen molar-refractivity contribution in [3.63, 3.8) is 0 Å². The third kappa shape index (κ3) is 2.39. The number of aliphatic hydroxyl groups is 1. The van der Waals surface area contributed by atoms with E-state index in [-0.39, 0.29) is 6.04 Å². The van der Waals surface area contributed by atoms with E-state index in [9.17, 15) is 5.11 Å². The molecule has 0 aromatic carbocycles. The van der Waals surface area contributed by atoms with E-state index in [0.717, 1.165) is 17.1 Å². The third-order valence-electron chi connectivity index (χ3n) is 2.77. The van der Waals surface area contributed by atoms with Gasteiger partial charge in [0.15, 0.2) is 0 Å². The molecule has 0 saturated heterocycles. The summed E-state index contributed by atoms with van der Waals surface area (Å²) in [6.07, 6.45) is 2.94. The fourth-order valence-corrected chi connectivity index (χ4v) is 1.87. The van der Waals surface area contributed by atoms with Crippen molar-refractivity contribution in [1.82, 2.24) is 14.8 Å². The molecular weight excluding hydrogens is 218 g/mol. The van der Waals surface area contributed by atoms with E-state index in [1.165, 1.54) is 6.33 Å². The van der Waals surface area contributed by atoms with Gasteiger partial charge in [0.2, 0.25) is 0 Å². The zero-order valence-electron chi connectivity index (χ0n) is 10.3. The second-order valence-corrected chi connectivity index (χ2v) is 4.37. The lowest BCUT2D eigenvalue weighted by molar-refractivity contribution is 0.171. The maximum Gasteiger partial charge on any atom is 0.138 e. The molecule has 2 aromatic heterocycles. The molecule has 0 saturated carbocycles. The SMILES string of the molecule is Cc1occc1C(O)Cc1ncnn1C(C)C. The third-order valence-corrected chi connectivity index (χ3v) is 2.77. The first-order valence-electron chi connectivity index (χ1n) is 5.70. The summed E-state index contributed by atoms with van der Waals surface area (Å²) in [7, 11) is 0. The lowest BCUT2D eigenvalue weighted by Crippen LogP contribution is -2.12. The lowest BCUT2D eigenvalue weighted by Gasteiger charge is -2.12. The van der Waals surface area contributed by atoms with Crippen molar-refractivity contribution >= 4 is 0 Å². The fraction of sp³-hybridized carbons (Fsp3) is 0.500. The second-order valence-electron chi connectivity index (χ2n) is 4.37. The number of furan rings is 1. The molecule has 0 aliphatic rings. The largest absolute Gasteiger partial charge is 0.469 e. The molecule has 17 heavy (non-hydrogen) atoms. The van der Waals surface area contributed by atoms with Crippen LogP contribution in [0, 0.1) is 6.92 Å². The summed E-state index contributed by atoms with van der Waals surface area (Å²) in [6, 6.07) is 2.03. The van der Waals surface area contributed by atoms with Gasteiger partial charge in [0.25, 0.3) is 0 Å². The van der Waals surface area contributed by atoms with Gasteiger partial charge >= 0.3 is 0 Å². The average Bonchev–Trinajstić information content (AvgIpc) is 2.86. The molecule has 0 fully saturated rings. The predicted octanol–water partition coefficient (Wildman–Crippen LogP) is 2.04. The zero-order valence-corrected chi connectivity index (χ0v) is 10.3. The molecule has 2 rings (SSSR count). The highest BCUT2D eigenvalue weighted by Crippen LogP contribution is 2.22. The second kappa shape index (κ2) is 4.71. The van der Waals surface area contributed by atoms with Crippen LogP contribution in [0.3, 0.4) is 0 Å². The summed E-state index contributed by atoms with van der Waals surface area (Å²) < 4.78 is 7.00. The number of aryl methyl sites for hydroxylation is 1. The Morgan fingerprint density at radius 2 is 2.24 bits per heavy atom. The number of hydrogen-bond donors (Lipinski definition) is 1. The van der Waals surface area contributed by atoms with Crippen molar-refractivity contribution in [2.24, 2.45) is 0 Å². The van der Waals surface area contributed by atoms with E-state index in [0.29, 0.717) is 6.42 Å². The molecule has 0 spiro atoms. The molecule has 0 amide bonds. The number of hydrogen-bond acceptors (Lipinski definition) is 4. The number of nitrogens with zero attached hydrogens (tertiary/aromatic N) is 3. The van der Waals surface area contributed by atoms with Crippen LogP contribution in [0.5, 0.6) is 0 Å². The Morgan fingerprint density at radius 3 is 2.82 bits per heavy atom. The molecule has 0 aliphatic heterocycles. The normalized spacial score (nSPS) is 13.2. The Bertz CT molecular complexity index is 487. The van der Waals surface area contributed by atoms with Crippen LogP contribution in [-0.2, 0) is 6.42 Å². The molecule has 2 heterocycles. The van der Waals surface area contributed by atoms with Crippen LogP contribution in [0.15, 0.2) is 23.1 Å². The highest BCUT2D eigenvalue weighted by molar-refractivity contribution is 5.19. The van der Waals surface area contributed by atoms with Crippen LogP contribution < -0.4 is 0 Å². The van der Waals surface area contributed by atoms with Crippen LogP contribution in [0.2, 0.25) is 0 Å². The van der Waals surface area contributed by atoms with Gasteiger partial charge in [0.1, 0.15) is 17.9 Å². The van der Waals surface area contributed by atoms with Crippen molar-refractivity contribution in [3.05, 3.63) is 35.8 Å². The predicted molar refractivity (Wildman–Crippen MR) is 62.5 cm³/mol. The van der Waals surface area contributed by atoms with Gasteiger partial charge in [0.05, 0.1) is 12.4 Å². The van der Waals surface area contributed by atoms with Crippen LogP contribution in [0.4, 0.5) is 0 Å². The van der Waals surface area contributed by atoms with Crippen LogP contribution in [0.25, 0.3) is 0 Å². The maximum absolute atomic E-state index is 10.1. The van der Waals surface area contributed by atoms with Gasteiger partial charge in [-0.1, -0.05) is 0 Å². The fourth-order valence-electron chi connectivity index (χ4n) is 1.87. The maximum atomic E-state index is 10.1. The molecule has 0 bridgehead atoms. The first kappa shape index (κ1) is 11.9. The lowest BCUT2D eigenvalue weighted by atomic mass is 10.1. The molecule has 0 aliphatic carbocycles. The highest BCUT2D eigenvalue weighted by atomic mass is 16.3. The summed E-state index contributed by atoms with van der Waals surface area (Å²) >= 11 is 0. The van der Waals surface area contributed by atoms with Gasteiger partial charge in [-0.2, -0.15) is 5.10 Å². The van der Waals surface area contributed by atoms with Gasteiger partial charge < -0.3 is 9.52 Å². The monoisotopic (exact) mass is 235 g/mol. The number of aliphatic hydroxyl groups excluding tert-OH is 1. The molecular formula is C12H17N3O2. The van der Waals surface area contributed by atoms with Crippen LogP contribution in [0.1, 0.15) is 43.1 Å². The van der Waals surface area contributed by atoms with Gasteiger partial charge in [0, 0.05) is 18.0 Å². The standard InChI is InChI=1S/C12H17N3O2/c1-8(2)15-12(13-7-14-15)6-11(16)10-4-5-17-9(10)3/h4-5,7-8,11,16H,6H2,1-3H3. The van der Waals surface area contributed by atoms with Crippen molar-refractivity contribution in [2.75, 3.05) is 0 Å². The van der Waals surface area contributed by atoms with Gasteiger partial charge in [-0.05, 0) is 26.8 Å². The Kier molecular flexibility index (Phi) is 3.28. The van der Waals surface area contributed by atoms with Crippen molar-refractivity contribution in [1.29, 1.82) is 0 Å². The molecule has 5 heteroatoms. The molecule has 1 unspecified atom stereocenters. The Hall–Kier alpha value is -1.62. The molecule has 1 N–H and O–H groups in total. The summed E-state index contributed by atoms with van der Waals surface area (Å²) in [5, 5.41) is 14.3. The quantitative estimate of drug-likeness (QED) is 0.880. The minimum atomic E-state index is -0.601. The van der Waals surface area contributed by atoms with E-state index in [2.05, 4.69) is 10.1 Å². The Balaban J connectivity index is 2.16. The van der Waals surface area contributed by atoms with Gasteiger partial charge in [-0.15, -0.1) is 0 Å². The summed E-state index contributed by atoms with van der Waals surface area (Å²) in [6.45, 7) is 5.91. The smallest absolute Gasteiger partial charge is 0.138 e. The summed E-state index contributed by atoms with van der Waals surface area (Å²) in [5.74, 6) is 1.53. The average molecular weight is 235 g/mol. The van der Waals surface area contributed by atoms with Crippen molar-refractivity contribution in [3.8, 4) is 0 Å². The van der Waals surface area contributed by atoms with E-state index in [4.69, 9.17) is 4.42 Å². The van der Waals surface area contributed by atoms with Crippen LogP contribution in [-0.4, -0.2) is 19.9 Å².